The normalized spacial score (nSPS) is 11.5. The van der Waals surface area contributed by atoms with Crippen molar-refractivity contribution in [2.24, 2.45) is 0 Å². The molecule has 0 aliphatic rings. The highest BCUT2D eigenvalue weighted by molar-refractivity contribution is 6.34. The van der Waals surface area contributed by atoms with E-state index >= 15 is 0 Å². The molecule has 0 saturated carbocycles. The number of nitro groups is 1. The van der Waals surface area contributed by atoms with Crippen molar-refractivity contribution in [2.75, 3.05) is 10.6 Å². The topological polar surface area (TPSA) is 84.3 Å². The summed E-state index contributed by atoms with van der Waals surface area (Å²) in [7, 11) is 0. The highest BCUT2D eigenvalue weighted by atomic mass is 35.5. The third-order valence-electron chi connectivity index (χ3n) is 2.97. The molecule has 0 heterocycles. The third-order valence-corrected chi connectivity index (χ3v) is 3.28. The minimum absolute atomic E-state index is 0.120. The van der Waals surface area contributed by atoms with Crippen LogP contribution in [0.2, 0.25) is 5.02 Å². The van der Waals surface area contributed by atoms with E-state index in [2.05, 4.69) is 10.6 Å². The van der Waals surface area contributed by atoms with Gasteiger partial charge in [-0.15, -0.1) is 0 Å². The number of carbonyl (C=O) groups excluding carboxylic acids is 1. The maximum Gasteiger partial charge on any atom is 0.271 e. The largest absolute Gasteiger partial charge is 0.374 e. The van der Waals surface area contributed by atoms with Crippen LogP contribution in [-0.2, 0) is 4.79 Å². The number of amides is 1. The van der Waals surface area contributed by atoms with Gasteiger partial charge in [-0.05, 0) is 25.1 Å². The van der Waals surface area contributed by atoms with Crippen molar-refractivity contribution in [1.82, 2.24) is 0 Å². The molecule has 2 N–H and O–H groups in total. The summed E-state index contributed by atoms with van der Waals surface area (Å²) >= 11 is 5.94. The Balaban J connectivity index is 2.04. The van der Waals surface area contributed by atoms with E-state index in [0.717, 1.165) is 5.69 Å². The average Bonchev–Trinajstić information content (AvgIpc) is 2.50. The van der Waals surface area contributed by atoms with Gasteiger partial charge in [0, 0.05) is 17.8 Å². The van der Waals surface area contributed by atoms with E-state index in [9.17, 15) is 14.9 Å². The Morgan fingerprint density at radius 2 is 1.91 bits per heavy atom. The van der Waals surface area contributed by atoms with Gasteiger partial charge in [-0.2, -0.15) is 0 Å². The number of nitrogens with zero attached hydrogens (tertiary/aromatic N) is 1. The molecular weight excluding hydrogens is 306 g/mol. The number of anilines is 2. The Hall–Kier alpha value is -2.60. The molecule has 0 unspecified atom stereocenters. The molecule has 0 radical (unpaired) electrons. The number of benzene rings is 2. The summed E-state index contributed by atoms with van der Waals surface area (Å²) in [4.78, 5) is 22.2. The predicted molar refractivity (Wildman–Crippen MR) is 86.3 cm³/mol. The molecule has 1 atom stereocenters. The monoisotopic (exact) mass is 319 g/mol. The van der Waals surface area contributed by atoms with E-state index in [1.54, 1.807) is 6.92 Å². The Kier molecular flexibility index (Phi) is 4.95. The van der Waals surface area contributed by atoms with E-state index in [4.69, 9.17) is 11.6 Å². The van der Waals surface area contributed by atoms with Crippen molar-refractivity contribution in [2.45, 2.75) is 13.0 Å². The number of hydrogen-bond acceptors (Lipinski definition) is 4. The van der Waals surface area contributed by atoms with Crippen LogP contribution in [0.15, 0.2) is 48.5 Å². The van der Waals surface area contributed by atoms with Crippen LogP contribution in [0.1, 0.15) is 6.92 Å². The number of hydrogen-bond donors (Lipinski definition) is 2. The van der Waals surface area contributed by atoms with E-state index in [1.807, 2.05) is 30.3 Å². The molecule has 0 aliphatic carbocycles. The minimum atomic E-state index is -0.545. The predicted octanol–water partition coefficient (Wildman–Crippen LogP) is 3.69. The molecule has 22 heavy (non-hydrogen) atoms. The van der Waals surface area contributed by atoms with E-state index in [-0.39, 0.29) is 16.6 Å². The molecule has 0 saturated heterocycles. The van der Waals surface area contributed by atoms with Gasteiger partial charge in [0.15, 0.2) is 0 Å². The Morgan fingerprint density at radius 1 is 1.23 bits per heavy atom. The lowest BCUT2D eigenvalue weighted by Crippen LogP contribution is -2.31. The van der Waals surface area contributed by atoms with Crippen LogP contribution in [-0.4, -0.2) is 16.9 Å². The zero-order valence-electron chi connectivity index (χ0n) is 11.7. The van der Waals surface area contributed by atoms with Gasteiger partial charge in [-0.25, -0.2) is 0 Å². The molecule has 6 nitrogen and oxygen atoms in total. The summed E-state index contributed by atoms with van der Waals surface area (Å²) in [5.74, 6) is -0.292. The summed E-state index contributed by atoms with van der Waals surface area (Å²) in [6.45, 7) is 1.71. The second kappa shape index (κ2) is 6.91. The molecule has 1 amide bonds. The number of non-ortho nitro benzene ring substituents is 1. The zero-order valence-corrected chi connectivity index (χ0v) is 12.5. The molecule has 2 aromatic rings. The molecule has 0 aromatic heterocycles. The lowest BCUT2D eigenvalue weighted by Gasteiger charge is -2.15. The van der Waals surface area contributed by atoms with Crippen LogP contribution in [0.25, 0.3) is 0 Å². The Labute approximate surface area is 132 Å². The van der Waals surface area contributed by atoms with Gasteiger partial charge in [0.1, 0.15) is 6.04 Å². The SMILES string of the molecule is C[C@@H](Nc1ccccc1)C(=O)Nc1ccc([N+](=O)[O-])cc1Cl. The van der Waals surface area contributed by atoms with Gasteiger partial charge in [-0.3, -0.25) is 14.9 Å². The smallest absolute Gasteiger partial charge is 0.271 e. The number of para-hydroxylation sites is 1. The number of rotatable bonds is 5. The maximum atomic E-state index is 12.1. The van der Waals surface area contributed by atoms with Gasteiger partial charge in [-0.1, -0.05) is 29.8 Å². The summed E-state index contributed by atoms with van der Waals surface area (Å²) in [6.07, 6.45) is 0. The fourth-order valence-electron chi connectivity index (χ4n) is 1.81. The lowest BCUT2D eigenvalue weighted by atomic mass is 10.2. The molecule has 2 aromatic carbocycles. The first-order chi connectivity index (χ1) is 10.5. The Bertz CT molecular complexity index is 692. The molecule has 114 valence electrons. The van der Waals surface area contributed by atoms with Crippen molar-refractivity contribution >= 4 is 34.6 Å². The van der Waals surface area contributed by atoms with Crippen molar-refractivity contribution in [1.29, 1.82) is 0 Å². The first kappa shape index (κ1) is 15.8. The maximum absolute atomic E-state index is 12.1. The van der Waals surface area contributed by atoms with Crippen molar-refractivity contribution in [3.05, 3.63) is 63.7 Å². The number of nitro benzene ring substituents is 1. The quantitative estimate of drug-likeness (QED) is 0.650. The fraction of sp³-hybridized carbons (Fsp3) is 0.133. The van der Waals surface area contributed by atoms with Crippen molar-refractivity contribution in [3.63, 3.8) is 0 Å². The van der Waals surface area contributed by atoms with Gasteiger partial charge in [0.2, 0.25) is 5.91 Å². The van der Waals surface area contributed by atoms with E-state index in [1.165, 1.54) is 18.2 Å². The molecule has 0 fully saturated rings. The van der Waals surface area contributed by atoms with Crippen molar-refractivity contribution < 1.29 is 9.72 Å². The van der Waals surface area contributed by atoms with Crippen LogP contribution >= 0.6 is 11.6 Å². The van der Waals surface area contributed by atoms with Crippen LogP contribution < -0.4 is 10.6 Å². The number of halogens is 1. The van der Waals surface area contributed by atoms with Gasteiger partial charge >= 0.3 is 0 Å². The molecule has 0 aliphatic heterocycles. The summed E-state index contributed by atoms with van der Waals surface area (Å²) in [5.41, 5.74) is 1.03. The van der Waals surface area contributed by atoms with Crippen LogP contribution in [0.4, 0.5) is 17.1 Å². The van der Waals surface area contributed by atoms with Crippen LogP contribution in [0.3, 0.4) is 0 Å². The molecule has 0 bridgehead atoms. The molecule has 2 rings (SSSR count). The molecule has 7 heteroatoms. The number of carbonyl (C=O) groups is 1. The summed E-state index contributed by atoms with van der Waals surface area (Å²) in [6, 6.07) is 12.7. The van der Waals surface area contributed by atoms with Crippen LogP contribution in [0.5, 0.6) is 0 Å². The highest BCUT2D eigenvalue weighted by Crippen LogP contribution is 2.26. The summed E-state index contributed by atoms with van der Waals surface area (Å²) < 4.78 is 0. The van der Waals surface area contributed by atoms with Gasteiger partial charge < -0.3 is 10.6 Å². The average molecular weight is 320 g/mol. The van der Waals surface area contributed by atoms with Gasteiger partial charge in [0.25, 0.3) is 5.69 Å². The van der Waals surface area contributed by atoms with E-state index in [0.29, 0.717) is 5.69 Å². The van der Waals surface area contributed by atoms with Gasteiger partial charge in [0.05, 0.1) is 15.6 Å². The highest BCUT2D eigenvalue weighted by Gasteiger charge is 2.16. The molecule has 0 spiro atoms. The summed E-state index contributed by atoms with van der Waals surface area (Å²) in [5, 5.41) is 16.5. The van der Waals surface area contributed by atoms with Crippen molar-refractivity contribution in [3.8, 4) is 0 Å². The van der Waals surface area contributed by atoms with Crippen LogP contribution in [0, 0.1) is 10.1 Å². The zero-order chi connectivity index (χ0) is 16.1. The third kappa shape index (κ3) is 3.95. The second-order valence-electron chi connectivity index (χ2n) is 4.64. The van der Waals surface area contributed by atoms with E-state index < -0.39 is 11.0 Å². The molecular formula is C15H14ClN3O3. The number of nitrogens with one attached hydrogen (secondary N) is 2. The minimum Gasteiger partial charge on any atom is -0.374 e. The standard InChI is InChI=1S/C15H14ClN3O3/c1-10(17-11-5-3-2-4-6-11)15(20)18-14-8-7-12(19(21)22)9-13(14)16/h2-10,17H,1H3,(H,18,20)/t10-/m1/s1. The first-order valence-electron chi connectivity index (χ1n) is 6.54. The fourth-order valence-corrected chi connectivity index (χ4v) is 2.03. The first-order valence-corrected chi connectivity index (χ1v) is 6.91. The Morgan fingerprint density at radius 3 is 2.50 bits per heavy atom. The lowest BCUT2D eigenvalue weighted by molar-refractivity contribution is -0.384. The second-order valence-corrected chi connectivity index (χ2v) is 5.05.